The van der Waals surface area contributed by atoms with Crippen molar-refractivity contribution in [1.29, 1.82) is 0 Å². The summed E-state index contributed by atoms with van der Waals surface area (Å²) in [6.07, 6.45) is 0.562. The normalized spacial score (nSPS) is 22.0. The van der Waals surface area contributed by atoms with E-state index in [1.54, 1.807) is 32.6 Å². The third-order valence-electron chi connectivity index (χ3n) is 5.21. The lowest BCUT2D eigenvalue weighted by Crippen LogP contribution is -2.58. The smallest absolute Gasteiger partial charge is 0.307 e. The highest BCUT2D eigenvalue weighted by molar-refractivity contribution is 7.12. The van der Waals surface area contributed by atoms with Crippen molar-refractivity contribution >= 4 is 46.2 Å². The van der Waals surface area contributed by atoms with E-state index < -0.39 is 12.0 Å². The Labute approximate surface area is 182 Å². The zero-order valence-corrected chi connectivity index (χ0v) is 18.1. The predicted octanol–water partition coefficient (Wildman–Crippen LogP) is 1.85. The molecule has 4 heterocycles. The molecule has 0 saturated carbocycles. The number of nitrogens with one attached hydrogen (secondary N) is 1. The highest BCUT2D eigenvalue weighted by Crippen LogP contribution is 2.36. The second kappa shape index (κ2) is 9.07. The summed E-state index contributed by atoms with van der Waals surface area (Å²) in [5.41, 5.74) is 0.888. The maximum absolute atomic E-state index is 13.3. The van der Waals surface area contributed by atoms with E-state index in [1.165, 1.54) is 7.11 Å². The minimum atomic E-state index is -0.723. The van der Waals surface area contributed by atoms with Crippen LogP contribution in [-0.2, 0) is 19.1 Å². The first-order valence-corrected chi connectivity index (χ1v) is 11.4. The molecule has 2 aromatic heterocycles. The molecule has 2 aromatic rings. The van der Waals surface area contributed by atoms with Gasteiger partial charge in [0.2, 0.25) is 5.91 Å². The van der Waals surface area contributed by atoms with Crippen LogP contribution in [0.15, 0.2) is 40.1 Å². The highest BCUT2D eigenvalue weighted by atomic mass is 32.1. The molecule has 2 amide bonds. The van der Waals surface area contributed by atoms with Crippen LogP contribution >= 0.6 is 22.7 Å². The van der Waals surface area contributed by atoms with Crippen LogP contribution in [0, 0.1) is 0 Å². The number of carbonyl (C=O) groups excluding carboxylic acids is 3. The topological polar surface area (TPSA) is 91.3 Å². The Balaban J connectivity index is 1.54. The molecule has 1 saturated heterocycles. The molecule has 4 rings (SSSR count). The molecule has 0 aliphatic carbocycles. The first kappa shape index (κ1) is 20.7. The van der Waals surface area contributed by atoms with Gasteiger partial charge in [0.15, 0.2) is 0 Å². The third kappa shape index (κ3) is 4.30. The minimum absolute atomic E-state index is 0.0121. The molecule has 0 aromatic carbocycles. The van der Waals surface area contributed by atoms with Gasteiger partial charge in [0.1, 0.15) is 6.04 Å². The molecule has 0 bridgehead atoms. The first-order chi connectivity index (χ1) is 14.6. The van der Waals surface area contributed by atoms with Crippen molar-refractivity contribution in [3.8, 4) is 0 Å². The molecule has 2 atom stereocenters. The zero-order valence-electron chi connectivity index (χ0n) is 16.4. The molecule has 2 aliphatic rings. The van der Waals surface area contributed by atoms with Crippen LogP contribution in [0.25, 0.3) is 0 Å². The minimum Gasteiger partial charge on any atom is -0.469 e. The second-order valence-electron chi connectivity index (χ2n) is 7.06. The van der Waals surface area contributed by atoms with Crippen molar-refractivity contribution in [1.82, 2.24) is 15.2 Å². The summed E-state index contributed by atoms with van der Waals surface area (Å²) in [6.45, 7) is 0.929. The van der Waals surface area contributed by atoms with E-state index in [1.807, 2.05) is 35.0 Å². The number of methoxy groups -OCH3 is 1. The zero-order chi connectivity index (χ0) is 21.1. The summed E-state index contributed by atoms with van der Waals surface area (Å²) in [4.78, 5) is 41.2. The number of hydrogen-bond acceptors (Lipinski definition) is 8. The molecule has 0 radical (unpaired) electrons. The van der Waals surface area contributed by atoms with Crippen molar-refractivity contribution < 1.29 is 19.1 Å². The fraction of sp³-hybridized carbons (Fsp3) is 0.400. The Bertz CT molecular complexity index is 942. The van der Waals surface area contributed by atoms with Gasteiger partial charge in [-0.15, -0.1) is 22.7 Å². The maximum atomic E-state index is 13.3. The van der Waals surface area contributed by atoms with Gasteiger partial charge in [0, 0.05) is 24.4 Å². The van der Waals surface area contributed by atoms with Gasteiger partial charge in [-0.05, 0) is 22.9 Å². The monoisotopic (exact) mass is 446 g/mol. The van der Waals surface area contributed by atoms with Gasteiger partial charge in [-0.25, -0.2) is 5.01 Å². The predicted molar refractivity (Wildman–Crippen MR) is 114 cm³/mol. The molecule has 8 nitrogen and oxygen atoms in total. The summed E-state index contributed by atoms with van der Waals surface area (Å²) in [6, 6.07) is 7.07. The van der Waals surface area contributed by atoms with Crippen LogP contribution in [0.1, 0.15) is 28.6 Å². The van der Waals surface area contributed by atoms with Crippen molar-refractivity contribution in [2.75, 3.05) is 26.7 Å². The van der Waals surface area contributed by atoms with Crippen molar-refractivity contribution in [3.63, 3.8) is 0 Å². The summed E-state index contributed by atoms with van der Waals surface area (Å²) in [5.74, 6) is -0.937. The van der Waals surface area contributed by atoms with E-state index >= 15 is 0 Å². The van der Waals surface area contributed by atoms with E-state index in [-0.39, 0.29) is 30.8 Å². The molecule has 2 aliphatic heterocycles. The van der Waals surface area contributed by atoms with Crippen LogP contribution in [0.5, 0.6) is 0 Å². The molecule has 0 unspecified atom stereocenters. The summed E-state index contributed by atoms with van der Waals surface area (Å²) in [7, 11) is 1.29. The van der Waals surface area contributed by atoms with Crippen LogP contribution in [0.2, 0.25) is 0 Å². The summed E-state index contributed by atoms with van der Waals surface area (Å²) in [5, 5.41) is 12.9. The number of nitrogens with zero attached hydrogens (tertiary/aromatic N) is 3. The fourth-order valence-electron chi connectivity index (χ4n) is 3.69. The first-order valence-electron chi connectivity index (χ1n) is 9.62. The number of amides is 2. The van der Waals surface area contributed by atoms with Gasteiger partial charge < -0.3 is 10.1 Å². The molecule has 1 fully saturated rings. The van der Waals surface area contributed by atoms with Gasteiger partial charge in [-0.2, -0.15) is 5.10 Å². The largest absolute Gasteiger partial charge is 0.469 e. The number of hydrazone groups is 1. The van der Waals surface area contributed by atoms with Gasteiger partial charge in [0.05, 0.1) is 36.7 Å². The third-order valence-corrected chi connectivity index (χ3v) is 7.10. The number of carbonyl (C=O) groups is 3. The van der Waals surface area contributed by atoms with Crippen molar-refractivity contribution in [2.24, 2.45) is 5.10 Å². The number of hydrogen-bond donors (Lipinski definition) is 1. The number of rotatable bonds is 6. The lowest BCUT2D eigenvalue weighted by atomic mass is 10.1. The average Bonchev–Trinajstić information content (AvgIpc) is 3.50. The molecule has 0 spiro atoms. The Kier molecular flexibility index (Phi) is 6.26. The quantitative estimate of drug-likeness (QED) is 0.684. The molecular formula is C20H22N4O4S2. The van der Waals surface area contributed by atoms with Crippen molar-refractivity contribution in [3.05, 3.63) is 44.8 Å². The van der Waals surface area contributed by atoms with Crippen molar-refractivity contribution in [2.45, 2.75) is 24.9 Å². The Morgan fingerprint density at radius 1 is 1.27 bits per heavy atom. The number of esters is 1. The second-order valence-corrected chi connectivity index (χ2v) is 8.98. The molecule has 158 valence electrons. The fourth-order valence-corrected chi connectivity index (χ4v) is 5.23. The number of ether oxygens (including phenoxy) is 1. The van der Waals surface area contributed by atoms with Gasteiger partial charge >= 0.3 is 5.97 Å². The van der Waals surface area contributed by atoms with E-state index in [4.69, 9.17) is 4.74 Å². The molecule has 30 heavy (non-hydrogen) atoms. The van der Waals surface area contributed by atoms with Crippen LogP contribution in [0.4, 0.5) is 0 Å². The van der Waals surface area contributed by atoms with E-state index in [0.29, 0.717) is 19.5 Å². The SMILES string of the molecule is COC(=O)C[C@H]1C(=O)NCCN1CC(=O)N1N=C(c2cccs2)C[C@H]1c1cccs1. The van der Waals surface area contributed by atoms with E-state index in [2.05, 4.69) is 10.4 Å². The average molecular weight is 447 g/mol. The molecule has 10 heteroatoms. The Morgan fingerprint density at radius 2 is 2.07 bits per heavy atom. The summed E-state index contributed by atoms with van der Waals surface area (Å²) < 4.78 is 4.72. The maximum Gasteiger partial charge on any atom is 0.307 e. The van der Waals surface area contributed by atoms with E-state index in [9.17, 15) is 14.4 Å². The van der Waals surface area contributed by atoms with Gasteiger partial charge in [0.25, 0.3) is 5.91 Å². The van der Waals surface area contributed by atoms with Gasteiger partial charge in [-0.3, -0.25) is 19.3 Å². The number of piperazine rings is 1. The Hall–Kier alpha value is -2.56. The molecular weight excluding hydrogens is 424 g/mol. The lowest BCUT2D eigenvalue weighted by Gasteiger charge is -2.34. The van der Waals surface area contributed by atoms with E-state index in [0.717, 1.165) is 15.5 Å². The standard InChI is InChI=1S/C20H22N4O4S2/c1-28-19(26)11-15-20(27)21-6-7-23(15)12-18(25)24-14(17-5-3-9-30-17)10-13(22-24)16-4-2-8-29-16/h2-5,8-9,14-15H,6-7,10-12H2,1H3,(H,21,27)/t14-,15-/m0/s1. The van der Waals surface area contributed by atoms with Gasteiger partial charge in [-0.1, -0.05) is 12.1 Å². The van der Waals surface area contributed by atoms with Crippen LogP contribution in [0.3, 0.4) is 0 Å². The van der Waals surface area contributed by atoms with Crippen LogP contribution in [-0.4, -0.2) is 66.2 Å². The molecule has 1 N–H and O–H groups in total. The highest BCUT2D eigenvalue weighted by Gasteiger charge is 2.38. The lowest BCUT2D eigenvalue weighted by molar-refractivity contribution is -0.147. The summed E-state index contributed by atoms with van der Waals surface area (Å²) >= 11 is 3.20. The Morgan fingerprint density at radius 3 is 2.77 bits per heavy atom. The number of thiophene rings is 2. The van der Waals surface area contributed by atoms with Crippen LogP contribution < -0.4 is 5.32 Å².